The molecule has 0 radical (unpaired) electrons. The van der Waals surface area contributed by atoms with Gasteiger partial charge in [-0.3, -0.25) is 4.90 Å². The van der Waals surface area contributed by atoms with E-state index in [9.17, 15) is 9.59 Å². The predicted octanol–water partition coefficient (Wildman–Crippen LogP) is 4.89. The van der Waals surface area contributed by atoms with Crippen molar-refractivity contribution in [3.63, 3.8) is 0 Å². The first-order chi connectivity index (χ1) is 18.7. The molecule has 10 nitrogen and oxygen atoms in total. The van der Waals surface area contributed by atoms with Crippen molar-refractivity contribution in [3.05, 3.63) is 54.0 Å². The van der Waals surface area contributed by atoms with Gasteiger partial charge >= 0.3 is 12.0 Å². The number of ether oxygens (including phenoxy) is 4. The van der Waals surface area contributed by atoms with Crippen LogP contribution in [0.4, 0.5) is 16.2 Å². The van der Waals surface area contributed by atoms with Gasteiger partial charge in [-0.25, -0.2) is 9.59 Å². The maximum atomic E-state index is 13.0. The topological polar surface area (TPSA) is 112 Å². The highest BCUT2D eigenvalue weighted by atomic mass is 16.5. The van der Waals surface area contributed by atoms with Crippen LogP contribution in [0.25, 0.3) is 10.8 Å². The first-order valence-electron chi connectivity index (χ1n) is 13.0. The van der Waals surface area contributed by atoms with Crippen LogP contribution in [-0.4, -0.2) is 76.7 Å². The molecule has 0 spiro atoms. The molecular formula is C29H37N3O7. The number of rotatable bonds is 9. The summed E-state index contributed by atoms with van der Waals surface area (Å²) in [6.45, 7) is 10.1. The van der Waals surface area contributed by atoms with Crippen LogP contribution in [0.15, 0.2) is 46.9 Å². The summed E-state index contributed by atoms with van der Waals surface area (Å²) >= 11 is 0. The van der Waals surface area contributed by atoms with E-state index in [1.165, 1.54) is 7.11 Å². The molecule has 39 heavy (non-hydrogen) atoms. The number of amides is 2. The third kappa shape index (κ3) is 7.08. The van der Waals surface area contributed by atoms with Crippen molar-refractivity contribution in [2.45, 2.75) is 32.3 Å². The molecule has 0 bridgehead atoms. The second-order valence-electron chi connectivity index (χ2n) is 10.4. The number of fused-ring (bicyclic) bond motifs is 1. The summed E-state index contributed by atoms with van der Waals surface area (Å²) in [5.74, 6) is 0.561. The third-order valence-corrected chi connectivity index (χ3v) is 6.46. The smallest absolute Gasteiger partial charge is 0.376 e. The molecule has 2 amide bonds. The summed E-state index contributed by atoms with van der Waals surface area (Å²) in [4.78, 5) is 27.5. The quantitative estimate of drug-likeness (QED) is 0.370. The fourth-order valence-corrected chi connectivity index (χ4v) is 4.43. The Kier molecular flexibility index (Phi) is 9.11. The number of furan rings is 1. The van der Waals surface area contributed by atoms with Gasteiger partial charge in [0, 0.05) is 49.0 Å². The Labute approximate surface area is 228 Å². The Morgan fingerprint density at radius 3 is 2.51 bits per heavy atom. The van der Waals surface area contributed by atoms with Crippen LogP contribution in [0.3, 0.4) is 0 Å². The van der Waals surface area contributed by atoms with Crippen molar-refractivity contribution >= 4 is 34.1 Å². The lowest BCUT2D eigenvalue weighted by Crippen LogP contribution is -2.45. The van der Waals surface area contributed by atoms with E-state index in [4.69, 9.17) is 23.4 Å². The molecule has 1 aliphatic heterocycles. The van der Waals surface area contributed by atoms with Crippen LogP contribution in [0.2, 0.25) is 0 Å². The zero-order valence-corrected chi connectivity index (χ0v) is 23.2. The second kappa shape index (κ2) is 12.5. The molecule has 2 aromatic carbocycles. The number of carbonyl (C=O) groups excluding carboxylic acids is 2. The van der Waals surface area contributed by atoms with Crippen molar-refractivity contribution in [2.24, 2.45) is 0 Å². The third-order valence-electron chi connectivity index (χ3n) is 6.46. The van der Waals surface area contributed by atoms with Gasteiger partial charge in [0.15, 0.2) is 0 Å². The molecular weight excluding hydrogens is 502 g/mol. The number of hydrogen-bond acceptors (Lipinski definition) is 8. The van der Waals surface area contributed by atoms with E-state index >= 15 is 0 Å². The normalized spacial score (nSPS) is 16.2. The van der Waals surface area contributed by atoms with Crippen LogP contribution in [-0.2, 0) is 19.6 Å². The monoisotopic (exact) mass is 539 g/mol. The van der Waals surface area contributed by atoms with Gasteiger partial charge in [-0.2, -0.15) is 0 Å². The summed E-state index contributed by atoms with van der Waals surface area (Å²) in [5.41, 5.74) is 0.480. The molecule has 2 N–H and O–H groups in total. The molecule has 1 fully saturated rings. The lowest BCUT2D eigenvalue weighted by Gasteiger charge is -2.32. The summed E-state index contributed by atoms with van der Waals surface area (Å²) in [6.07, 6.45) is 0.0758. The van der Waals surface area contributed by atoms with Crippen molar-refractivity contribution in [1.29, 1.82) is 0 Å². The molecule has 1 unspecified atom stereocenters. The van der Waals surface area contributed by atoms with E-state index in [1.807, 2.05) is 51.1 Å². The summed E-state index contributed by atoms with van der Waals surface area (Å²) in [5, 5.41) is 7.32. The lowest BCUT2D eigenvalue weighted by molar-refractivity contribution is -0.0627. The molecule has 1 aliphatic rings. The van der Waals surface area contributed by atoms with E-state index < -0.39 is 12.0 Å². The molecule has 1 saturated heterocycles. The lowest BCUT2D eigenvalue weighted by atomic mass is 9.93. The second-order valence-corrected chi connectivity index (χ2v) is 10.4. The number of esters is 1. The molecule has 3 aromatic rings. The number of morpholine rings is 1. The Balaban J connectivity index is 1.44. The summed E-state index contributed by atoms with van der Waals surface area (Å²) in [7, 11) is 2.94. The molecule has 1 atom stereocenters. The average molecular weight is 540 g/mol. The van der Waals surface area contributed by atoms with E-state index in [0.717, 1.165) is 36.2 Å². The number of carbonyl (C=O) groups is 2. The van der Waals surface area contributed by atoms with Crippen molar-refractivity contribution in [2.75, 3.05) is 64.3 Å². The first kappa shape index (κ1) is 28.4. The number of hydrogen-bond donors (Lipinski definition) is 2. The largest absolute Gasteiger partial charge is 0.492 e. The zero-order valence-electron chi connectivity index (χ0n) is 23.2. The average Bonchev–Trinajstić information content (AvgIpc) is 3.34. The van der Waals surface area contributed by atoms with Gasteiger partial charge in [0.25, 0.3) is 0 Å². The number of urea groups is 1. The molecule has 1 aromatic heterocycles. The van der Waals surface area contributed by atoms with Gasteiger partial charge in [0.2, 0.25) is 5.76 Å². The minimum atomic E-state index is -0.668. The van der Waals surface area contributed by atoms with Crippen LogP contribution in [0.1, 0.15) is 37.1 Å². The molecule has 0 saturated carbocycles. The van der Waals surface area contributed by atoms with Crippen LogP contribution in [0, 0.1) is 0 Å². The van der Waals surface area contributed by atoms with Crippen LogP contribution >= 0.6 is 0 Å². The van der Waals surface area contributed by atoms with E-state index in [2.05, 4.69) is 15.5 Å². The van der Waals surface area contributed by atoms with Gasteiger partial charge in [0.05, 0.1) is 37.8 Å². The fraction of sp³-hybridized carbons (Fsp3) is 0.448. The fourth-order valence-electron chi connectivity index (χ4n) is 4.43. The Morgan fingerprint density at radius 2 is 1.79 bits per heavy atom. The Bertz CT molecular complexity index is 1300. The molecule has 0 aliphatic carbocycles. The number of nitrogens with one attached hydrogen (secondary N) is 2. The summed E-state index contributed by atoms with van der Waals surface area (Å²) < 4.78 is 27.6. The molecule has 2 heterocycles. The number of nitrogens with zero attached hydrogens (tertiary/aromatic N) is 1. The molecule has 4 rings (SSSR count). The number of benzene rings is 2. The SMILES string of the molecule is COCC1CN(CCOc2ccc(NC(=O)Nc3cc(C(C)(C)C)oc3C(=O)OC)c3ccccc23)CCO1. The first-order valence-corrected chi connectivity index (χ1v) is 13.0. The maximum Gasteiger partial charge on any atom is 0.376 e. The molecule has 10 heteroatoms. The Morgan fingerprint density at radius 1 is 1.05 bits per heavy atom. The van der Waals surface area contributed by atoms with E-state index in [1.54, 1.807) is 19.2 Å². The Hall–Kier alpha value is -3.60. The minimum Gasteiger partial charge on any atom is -0.492 e. The highest BCUT2D eigenvalue weighted by molar-refractivity contribution is 6.09. The van der Waals surface area contributed by atoms with E-state index in [0.29, 0.717) is 31.3 Å². The van der Waals surface area contributed by atoms with Gasteiger partial charge in [-0.1, -0.05) is 45.0 Å². The number of anilines is 2. The van der Waals surface area contributed by atoms with Gasteiger partial charge < -0.3 is 34.0 Å². The van der Waals surface area contributed by atoms with Crippen molar-refractivity contribution in [1.82, 2.24) is 4.90 Å². The highest BCUT2D eigenvalue weighted by Gasteiger charge is 2.27. The summed E-state index contributed by atoms with van der Waals surface area (Å²) in [6, 6.07) is 12.5. The zero-order chi connectivity index (χ0) is 28.0. The van der Waals surface area contributed by atoms with Crippen molar-refractivity contribution in [3.8, 4) is 5.75 Å². The van der Waals surface area contributed by atoms with Gasteiger partial charge in [0.1, 0.15) is 18.1 Å². The standard InChI is InChI=1S/C29H37N3O7/c1-29(2,3)25-16-23(26(39-25)27(33)36-5)31-28(34)30-22-10-11-24(21-9-7-6-8-20(21)22)38-15-13-32-12-14-37-19(17-32)18-35-4/h6-11,16,19H,12-15,17-18H2,1-5H3,(H2,30,31,34). The van der Waals surface area contributed by atoms with Gasteiger partial charge in [-0.05, 0) is 12.1 Å². The van der Waals surface area contributed by atoms with Gasteiger partial charge in [-0.15, -0.1) is 0 Å². The van der Waals surface area contributed by atoms with E-state index in [-0.39, 0.29) is 23.0 Å². The molecule has 210 valence electrons. The maximum absolute atomic E-state index is 13.0. The van der Waals surface area contributed by atoms with Crippen LogP contribution in [0.5, 0.6) is 5.75 Å². The minimum absolute atomic E-state index is 0.0556. The van der Waals surface area contributed by atoms with Crippen molar-refractivity contribution < 1.29 is 33.0 Å². The predicted molar refractivity (Wildman–Crippen MR) is 149 cm³/mol. The number of methoxy groups -OCH3 is 2. The highest BCUT2D eigenvalue weighted by Crippen LogP contribution is 2.33. The van der Waals surface area contributed by atoms with Crippen LogP contribution < -0.4 is 15.4 Å².